The SMILES string of the molecule is CCN(CC(=O)O)C1CC(NC(=O)NCCc2ccc3c(c2)OCCO3)C1. The van der Waals surface area contributed by atoms with Crippen LogP contribution in [-0.4, -0.2) is 66.9 Å². The van der Waals surface area contributed by atoms with Crippen molar-refractivity contribution in [3.8, 4) is 11.5 Å². The van der Waals surface area contributed by atoms with Crippen molar-refractivity contribution in [3.63, 3.8) is 0 Å². The smallest absolute Gasteiger partial charge is 0.317 e. The Morgan fingerprint density at radius 1 is 1.22 bits per heavy atom. The van der Waals surface area contributed by atoms with Crippen LogP contribution in [0.15, 0.2) is 18.2 Å². The van der Waals surface area contributed by atoms with E-state index in [1.807, 2.05) is 30.0 Å². The van der Waals surface area contributed by atoms with Crippen molar-refractivity contribution >= 4 is 12.0 Å². The first kappa shape index (κ1) is 19.3. The summed E-state index contributed by atoms with van der Waals surface area (Å²) < 4.78 is 11.1. The van der Waals surface area contributed by atoms with E-state index < -0.39 is 5.97 Å². The number of aliphatic carboxylic acids is 1. The Kier molecular flexibility index (Phi) is 6.39. The number of hydrogen-bond acceptors (Lipinski definition) is 5. The first-order chi connectivity index (χ1) is 13.0. The number of likely N-dealkylation sites (N-methyl/N-ethyl adjacent to an activating group) is 1. The molecule has 0 aromatic heterocycles. The van der Waals surface area contributed by atoms with Crippen LogP contribution in [0.1, 0.15) is 25.3 Å². The van der Waals surface area contributed by atoms with Crippen molar-refractivity contribution in [3.05, 3.63) is 23.8 Å². The number of carboxylic acid groups (broad SMARTS) is 1. The summed E-state index contributed by atoms with van der Waals surface area (Å²) in [5.41, 5.74) is 1.08. The number of carboxylic acids is 1. The number of carbonyl (C=O) groups is 2. The number of rotatable bonds is 8. The summed E-state index contributed by atoms with van der Waals surface area (Å²) in [6.07, 6.45) is 2.28. The molecule has 1 aliphatic carbocycles. The lowest BCUT2D eigenvalue weighted by Gasteiger charge is -2.42. The van der Waals surface area contributed by atoms with Crippen LogP contribution in [0.5, 0.6) is 11.5 Å². The zero-order valence-electron chi connectivity index (χ0n) is 15.6. The number of fused-ring (bicyclic) bond motifs is 1. The van der Waals surface area contributed by atoms with Gasteiger partial charge in [0, 0.05) is 18.6 Å². The van der Waals surface area contributed by atoms with Crippen LogP contribution in [0.3, 0.4) is 0 Å². The predicted octanol–water partition coefficient (Wildman–Crippen LogP) is 1.24. The summed E-state index contributed by atoms with van der Waals surface area (Å²) in [5, 5.41) is 14.7. The molecule has 8 heteroatoms. The third kappa shape index (κ3) is 5.26. The Hall–Kier alpha value is -2.48. The van der Waals surface area contributed by atoms with Crippen LogP contribution in [0, 0.1) is 0 Å². The standard InChI is InChI=1S/C19H27N3O5/c1-2-22(12-18(23)24)15-10-14(11-15)21-19(25)20-6-5-13-3-4-16-17(9-13)27-8-7-26-16/h3-4,9,14-15H,2,5-8,10-12H2,1H3,(H,23,24)(H2,20,21,25). The summed E-state index contributed by atoms with van der Waals surface area (Å²) in [6, 6.07) is 5.98. The maximum Gasteiger partial charge on any atom is 0.317 e. The van der Waals surface area contributed by atoms with E-state index in [1.165, 1.54) is 0 Å². The molecule has 0 saturated heterocycles. The highest BCUT2D eigenvalue weighted by molar-refractivity contribution is 5.74. The van der Waals surface area contributed by atoms with Gasteiger partial charge in [-0.3, -0.25) is 9.69 Å². The molecule has 8 nitrogen and oxygen atoms in total. The molecule has 0 atom stereocenters. The van der Waals surface area contributed by atoms with Crippen LogP contribution in [-0.2, 0) is 11.2 Å². The fourth-order valence-corrected chi connectivity index (χ4v) is 3.48. The number of nitrogens with zero attached hydrogens (tertiary/aromatic N) is 1. The molecule has 148 valence electrons. The first-order valence-electron chi connectivity index (χ1n) is 9.44. The number of ether oxygens (including phenoxy) is 2. The van der Waals surface area contributed by atoms with E-state index in [2.05, 4.69) is 10.6 Å². The molecule has 2 amide bonds. The molecule has 0 spiro atoms. The van der Waals surface area contributed by atoms with Gasteiger partial charge in [-0.2, -0.15) is 0 Å². The van der Waals surface area contributed by atoms with Crippen LogP contribution < -0.4 is 20.1 Å². The Morgan fingerprint density at radius 3 is 2.67 bits per heavy atom. The van der Waals surface area contributed by atoms with E-state index in [9.17, 15) is 9.59 Å². The van der Waals surface area contributed by atoms with E-state index in [1.54, 1.807) is 0 Å². The van der Waals surface area contributed by atoms with Crippen molar-refractivity contribution in [2.75, 3.05) is 32.8 Å². The Morgan fingerprint density at radius 2 is 1.96 bits per heavy atom. The average Bonchev–Trinajstić information content (AvgIpc) is 2.62. The minimum absolute atomic E-state index is 0.0512. The van der Waals surface area contributed by atoms with E-state index in [0.717, 1.165) is 29.9 Å². The van der Waals surface area contributed by atoms with Gasteiger partial charge in [-0.1, -0.05) is 13.0 Å². The second kappa shape index (κ2) is 8.94. The van der Waals surface area contributed by atoms with Gasteiger partial charge in [0.25, 0.3) is 0 Å². The van der Waals surface area contributed by atoms with E-state index >= 15 is 0 Å². The number of urea groups is 1. The van der Waals surface area contributed by atoms with Gasteiger partial charge >= 0.3 is 12.0 Å². The summed E-state index contributed by atoms with van der Waals surface area (Å²) in [7, 11) is 0. The molecule has 0 bridgehead atoms. The topological polar surface area (TPSA) is 100 Å². The van der Waals surface area contributed by atoms with Crippen LogP contribution in [0.4, 0.5) is 4.79 Å². The van der Waals surface area contributed by atoms with Crippen molar-refractivity contribution in [1.29, 1.82) is 0 Å². The molecule has 0 unspecified atom stereocenters. The lowest BCUT2D eigenvalue weighted by Crippen LogP contribution is -2.56. The molecular formula is C19H27N3O5. The van der Waals surface area contributed by atoms with Gasteiger partial charge in [-0.05, 0) is 43.5 Å². The third-order valence-electron chi connectivity index (χ3n) is 5.02. The molecule has 27 heavy (non-hydrogen) atoms. The Bertz CT molecular complexity index is 675. The van der Waals surface area contributed by atoms with Crippen LogP contribution >= 0.6 is 0 Å². The van der Waals surface area contributed by atoms with E-state index in [-0.39, 0.29) is 24.7 Å². The zero-order chi connectivity index (χ0) is 19.2. The van der Waals surface area contributed by atoms with Crippen molar-refractivity contribution in [2.24, 2.45) is 0 Å². The summed E-state index contributed by atoms with van der Waals surface area (Å²) in [5.74, 6) is 0.704. The van der Waals surface area contributed by atoms with Crippen LogP contribution in [0.2, 0.25) is 0 Å². The second-order valence-corrected chi connectivity index (χ2v) is 6.91. The largest absolute Gasteiger partial charge is 0.486 e. The van der Waals surface area contributed by atoms with E-state index in [0.29, 0.717) is 32.7 Å². The monoisotopic (exact) mass is 377 g/mol. The second-order valence-electron chi connectivity index (χ2n) is 6.91. The van der Waals surface area contributed by atoms with Crippen molar-refractivity contribution in [1.82, 2.24) is 15.5 Å². The molecule has 2 aliphatic rings. The maximum atomic E-state index is 12.0. The van der Waals surface area contributed by atoms with Gasteiger partial charge in [0.05, 0.1) is 6.54 Å². The number of carbonyl (C=O) groups excluding carboxylic acids is 1. The van der Waals surface area contributed by atoms with Gasteiger partial charge < -0.3 is 25.2 Å². The number of hydrogen-bond donors (Lipinski definition) is 3. The van der Waals surface area contributed by atoms with Crippen molar-refractivity contribution in [2.45, 2.75) is 38.3 Å². The van der Waals surface area contributed by atoms with Gasteiger partial charge in [0.1, 0.15) is 13.2 Å². The molecule has 3 rings (SSSR count). The Balaban J connectivity index is 1.34. The van der Waals surface area contributed by atoms with Crippen molar-refractivity contribution < 1.29 is 24.2 Å². The molecule has 1 heterocycles. The molecule has 1 aromatic carbocycles. The molecule has 1 aliphatic heterocycles. The number of amides is 2. The highest BCUT2D eigenvalue weighted by Crippen LogP contribution is 2.30. The number of nitrogens with one attached hydrogen (secondary N) is 2. The summed E-state index contributed by atoms with van der Waals surface area (Å²) in [6.45, 7) is 4.36. The molecule has 1 saturated carbocycles. The fraction of sp³-hybridized carbons (Fsp3) is 0.579. The van der Waals surface area contributed by atoms with Crippen LogP contribution in [0.25, 0.3) is 0 Å². The van der Waals surface area contributed by atoms with Gasteiger partial charge in [-0.25, -0.2) is 4.79 Å². The van der Waals surface area contributed by atoms with Gasteiger partial charge in [0.15, 0.2) is 11.5 Å². The quantitative estimate of drug-likeness (QED) is 0.630. The third-order valence-corrected chi connectivity index (χ3v) is 5.02. The minimum atomic E-state index is -0.815. The van der Waals surface area contributed by atoms with Gasteiger partial charge in [-0.15, -0.1) is 0 Å². The van der Waals surface area contributed by atoms with Gasteiger partial charge in [0.2, 0.25) is 0 Å². The maximum absolute atomic E-state index is 12.0. The molecule has 3 N–H and O–H groups in total. The lowest BCUT2D eigenvalue weighted by molar-refractivity contribution is -0.139. The normalized spacial score (nSPS) is 20.7. The highest BCUT2D eigenvalue weighted by atomic mass is 16.6. The fourth-order valence-electron chi connectivity index (χ4n) is 3.48. The zero-order valence-corrected chi connectivity index (χ0v) is 15.6. The molecule has 1 aromatic rings. The summed E-state index contributed by atoms with van der Waals surface area (Å²) in [4.78, 5) is 24.8. The highest BCUT2D eigenvalue weighted by Gasteiger charge is 2.34. The lowest BCUT2D eigenvalue weighted by atomic mass is 9.85. The minimum Gasteiger partial charge on any atom is -0.486 e. The average molecular weight is 377 g/mol. The Labute approximate surface area is 158 Å². The molecule has 1 fully saturated rings. The first-order valence-corrected chi connectivity index (χ1v) is 9.44. The molecular weight excluding hydrogens is 350 g/mol. The molecule has 0 radical (unpaired) electrons. The summed E-state index contributed by atoms with van der Waals surface area (Å²) >= 11 is 0. The van der Waals surface area contributed by atoms with E-state index in [4.69, 9.17) is 14.6 Å². The predicted molar refractivity (Wildman–Crippen MR) is 99.4 cm³/mol. The number of benzene rings is 1.